The smallest absolute Gasteiger partial charge is 0.339 e. The predicted octanol–water partition coefficient (Wildman–Crippen LogP) is 4.18. The second-order valence-corrected chi connectivity index (χ2v) is 7.64. The van der Waals surface area contributed by atoms with Gasteiger partial charge >= 0.3 is 5.63 Å². The minimum Gasteiger partial charge on any atom is -0.422 e. The maximum atomic E-state index is 12.5. The third kappa shape index (κ3) is 5.68. The van der Waals surface area contributed by atoms with Crippen LogP contribution >= 0.6 is 0 Å². The normalized spacial score (nSPS) is 11.4. The zero-order valence-electron chi connectivity index (χ0n) is 18.0. The summed E-state index contributed by atoms with van der Waals surface area (Å²) in [6, 6.07) is 6.03. The molecule has 1 aromatic carbocycles. The topological polar surface area (TPSA) is 53.8 Å². The first-order valence-corrected chi connectivity index (χ1v) is 10.3. The monoisotopic (exact) mass is 386 g/mol. The summed E-state index contributed by atoms with van der Waals surface area (Å²) in [6.07, 6.45) is 3.35. The number of carbonyl (C=O) groups excluding carboxylic acids is 1. The fraction of sp³-hybridized carbons (Fsp3) is 0.565. The Kier molecular flexibility index (Phi) is 8.24. The number of nitrogens with zero attached hydrogens (tertiary/aromatic N) is 2. The molecule has 0 bridgehead atoms. The lowest BCUT2D eigenvalue weighted by atomic mass is 9.99. The van der Waals surface area contributed by atoms with E-state index in [-0.39, 0.29) is 11.4 Å². The highest BCUT2D eigenvalue weighted by molar-refractivity contribution is 5.84. The lowest BCUT2D eigenvalue weighted by molar-refractivity contribution is -0.119. The molecule has 0 N–H and O–H groups in total. The summed E-state index contributed by atoms with van der Waals surface area (Å²) in [5.41, 5.74) is 2.91. The van der Waals surface area contributed by atoms with Gasteiger partial charge in [-0.1, -0.05) is 0 Å². The molecule has 0 saturated carbocycles. The average Bonchev–Trinajstić information content (AvgIpc) is 2.65. The van der Waals surface area contributed by atoms with Gasteiger partial charge in [-0.15, -0.1) is 0 Å². The van der Waals surface area contributed by atoms with E-state index >= 15 is 0 Å². The number of hydrogen-bond acceptors (Lipinski definition) is 5. The van der Waals surface area contributed by atoms with Gasteiger partial charge in [-0.3, -0.25) is 4.79 Å². The van der Waals surface area contributed by atoms with Crippen molar-refractivity contribution in [3.63, 3.8) is 0 Å². The van der Waals surface area contributed by atoms with Crippen molar-refractivity contribution in [2.75, 3.05) is 38.6 Å². The number of aryl methyl sites for hydroxylation is 1. The second kappa shape index (κ2) is 10.4. The van der Waals surface area contributed by atoms with E-state index in [2.05, 4.69) is 29.7 Å². The van der Waals surface area contributed by atoms with Crippen molar-refractivity contribution in [3.8, 4) is 0 Å². The lowest BCUT2D eigenvalue weighted by Gasteiger charge is -2.21. The van der Waals surface area contributed by atoms with Crippen LogP contribution in [0.3, 0.4) is 0 Å². The van der Waals surface area contributed by atoms with Gasteiger partial charge in [-0.05, 0) is 78.4 Å². The van der Waals surface area contributed by atoms with Crippen LogP contribution in [-0.2, 0) is 11.2 Å². The van der Waals surface area contributed by atoms with Crippen molar-refractivity contribution in [1.29, 1.82) is 0 Å². The molecule has 0 fully saturated rings. The Morgan fingerprint density at radius 3 is 2.43 bits per heavy atom. The molecule has 0 aliphatic carbocycles. The van der Waals surface area contributed by atoms with Crippen LogP contribution in [0.1, 0.15) is 50.7 Å². The molecule has 0 aliphatic rings. The molecule has 2 rings (SSSR count). The predicted molar refractivity (Wildman–Crippen MR) is 117 cm³/mol. The maximum absolute atomic E-state index is 12.5. The minimum atomic E-state index is -0.317. The molecular weight excluding hydrogens is 352 g/mol. The molecule has 0 amide bonds. The quantitative estimate of drug-likeness (QED) is 0.428. The highest BCUT2D eigenvalue weighted by Gasteiger charge is 2.14. The average molecular weight is 387 g/mol. The summed E-state index contributed by atoms with van der Waals surface area (Å²) >= 11 is 0. The zero-order valence-corrected chi connectivity index (χ0v) is 18.0. The van der Waals surface area contributed by atoms with Gasteiger partial charge in [0.15, 0.2) is 0 Å². The van der Waals surface area contributed by atoms with Gasteiger partial charge in [0.05, 0.1) is 0 Å². The summed E-state index contributed by atoms with van der Waals surface area (Å²) < 4.78 is 5.61. The zero-order chi connectivity index (χ0) is 20.7. The van der Waals surface area contributed by atoms with Gasteiger partial charge in [0.1, 0.15) is 11.4 Å². The number of carbonyl (C=O) groups is 1. The van der Waals surface area contributed by atoms with Crippen molar-refractivity contribution in [3.05, 3.63) is 39.7 Å². The summed E-state index contributed by atoms with van der Waals surface area (Å²) in [5.74, 6) is 0.217. The number of Topliss-reactive ketones (excluding diaryl/α,β-unsaturated/α-hetero) is 1. The van der Waals surface area contributed by atoms with E-state index in [1.807, 2.05) is 33.2 Å². The van der Waals surface area contributed by atoms with Gasteiger partial charge in [0.2, 0.25) is 0 Å². The van der Waals surface area contributed by atoms with E-state index in [0.717, 1.165) is 49.1 Å². The first-order chi connectivity index (χ1) is 13.4. The summed E-state index contributed by atoms with van der Waals surface area (Å²) in [5, 5.41) is 0.948. The number of ketones is 1. The number of benzene rings is 1. The Morgan fingerprint density at radius 1 is 1.07 bits per heavy atom. The van der Waals surface area contributed by atoms with Crippen LogP contribution in [0.4, 0.5) is 5.69 Å². The van der Waals surface area contributed by atoms with Gasteiger partial charge in [0, 0.05) is 48.6 Å². The fourth-order valence-corrected chi connectivity index (χ4v) is 3.60. The van der Waals surface area contributed by atoms with Gasteiger partial charge in [0.25, 0.3) is 0 Å². The summed E-state index contributed by atoms with van der Waals surface area (Å²) in [6.45, 7) is 8.97. The number of unbranched alkanes of at least 4 members (excludes halogenated alkanes) is 1. The summed E-state index contributed by atoms with van der Waals surface area (Å²) in [7, 11) is 4.07. The van der Waals surface area contributed by atoms with E-state index in [0.29, 0.717) is 30.4 Å². The molecule has 2 aromatic rings. The second-order valence-electron chi connectivity index (χ2n) is 7.64. The van der Waals surface area contributed by atoms with Crippen molar-refractivity contribution in [2.45, 2.75) is 52.9 Å². The Bertz CT molecular complexity index is 851. The third-order valence-corrected chi connectivity index (χ3v) is 5.36. The SMILES string of the molecule is CCN(CC)c1ccc2c(C)c(CCC(=O)CCCCN(C)C)c(=O)oc2c1. The highest BCUT2D eigenvalue weighted by atomic mass is 16.4. The molecule has 0 radical (unpaired) electrons. The Morgan fingerprint density at radius 2 is 1.79 bits per heavy atom. The fourth-order valence-electron chi connectivity index (χ4n) is 3.60. The molecule has 0 saturated heterocycles. The number of rotatable bonds is 11. The molecule has 154 valence electrons. The molecule has 1 aromatic heterocycles. The Balaban J connectivity index is 2.10. The molecule has 1 heterocycles. The van der Waals surface area contributed by atoms with Gasteiger partial charge < -0.3 is 14.2 Å². The first-order valence-electron chi connectivity index (χ1n) is 10.3. The van der Waals surface area contributed by atoms with Crippen LogP contribution < -0.4 is 10.5 Å². The van der Waals surface area contributed by atoms with Crippen molar-refractivity contribution in [1.82, 2.24) is 4.90 Å². The molecular formula is C23H34N2O3. The van der Waals surface area contributed by atoms with E-state index in [4.69, 9.17) is 4.42 Å². The molecule has 0 aliphatic heterocycles. The highest BCUT2D eigenvalue weighted by Crippen LogP contribution is 2.25. The van der Waals surface area contributed by atoms with Crippen LogP contribution in [0.2, 0.25) is 0 Å². The largest absolute Gasteiger partial charge is 0.422 e. The lowest BCUT2D eigenvalue weighted by Crippen LogP contribution is -2.21. The molecule has 0 atom stereocenters. The minimum absolute atomic E-state index is 0.217. The van der Waals surface area contributed by atoms with Crippen molar-refractivity contribution in [2.24, 2.45) is 0 Å². The van der Waals surface area contributed by atoms with Crippen LogP contribution in [-0.4, -0.2) is 44.4 Å². The summed E-state index contributed by atoms with van der Waals surface area (Å²) in [4.78, 5) is 29.1. The first kappa shape index (κ1) is 22.2. The van der Waals surface area contributed by atoms with Gasteiger partial charge in [-0.25, -0.2) is 4.79 Å². The van der Waals surface area contributed by atoms with Crippen LogP contribution in [0, 0.1) is 6.92 Å². The molecule has 0 spiro atoms. The standard InChI is InChI=1S/C23H34N2O3/c1-6-25(7-2)18-11-13-20-17(3)21(23(27)28-22(20)16-18)14-12-19(26)10-8-9-15-24(4)5/h11,13,16H,6-10,12,14-15H2,1-5H3. The third-order valence-electron chi connectivity index (χ3n) is 5.36. The molecule has 0 unspecified atom stereocenters. The van der Waals surface area contributed by atoms with Crippen molar-refractivity contribution >= 4 is 22.4 Å². The molecule has 28 heavy (non-hydrogen) atoms. The number of hydrogen-bond donors (Lipinski definition) is 0. The Hall–Kier alpha value is -2.14. The molecule has 5 heteroatoms. The van der Waals surface area contributed by atoms with E-state index in [9.17, 15) is 9.59 Å². The van der Waals surface area contributed by atoms with Crippen molar-refractivity contribution < 1.29 is 9.21 Å². The maximum Gasteiger partial charge on any atom is 0.339 e. The number of fused-ring (bicyclic) bond motifs is 1. The van der Waals surface area contributed by atoms with E-state index < -0.39 is 0 Å². The van der Waals surface area contributed by atoms with E-state index in [1.165, 1.54) is 0 Å². The molecule has 5 nitrogen and oxygen atoms in total. The Labute approximate surface area is 168 Å². The van der Waals surface area contributed by atoms with Crippen LogP contribution in [0.25, 0.3) is 11.0 Å². The van der Waals surface area contributed by atoms with Crippen LogP contribution in [0.5, 0.6) is 0 Å². The number of anilines is 1. The van der Waals surface area contributed by atoms with Gasteiger partial charge in [-0.2, -0.15) is 0 Å². The van der Waals surface area contributed by atoms with Crippen LogP contribution in [0.15, 0.2) is 27.4 Å². The van der Waals surface area contributed by atoms with E-state index in [1.54, 1.807) is 0 Å².